The molecule has 0 saturated heterocycles. The van der Waals surface area contributed by atoms with Gasteiger partial charge in [-0.2, -0.15) is 0 Å². The van der Waals surface area contributed by atoms with Crippen LogP contribution >= 0.6 is 0 Å². The zero-order valence-corrected chi connectivity index (χ0v) is 18.2. The molecule has 0 spiro atoms. The molecule has 146 valence electrons. The van der Waals surface area contributed by atoms with Crippen molar-refractivity contribution < 1.29 is 31.6 Å². The maximum Gasteiger partial charge on any atom is 0.500 e. The Hall–Kier alpha value is 0.154. The summed E-state index contributed by atoms with van der Waals surface area (Å²) in [5.74, 6) is 0. The first-order valence-corrected chi connectivity index (χ1v) is 12.9. The molecule has 24 heavy (non-hydrogen) atoms. The van der Waals surface area contributed by atoms with Crippen molar-refractivity contribution in [2.24, 2.45) is 0 Å². The lowest BCUT2D eigenvalue weighted by atomic mass is 10.4. The molecule has 0 rings (SSSR count). The molecule has 0 aromatic heterocycles. The molecular formula is C15H36O7Si2. The molecule has 0 heterocycles. The van der Waals surface area contributed by atoms with E-state index in [0.29, 0.717) is 19.8 Å². The van der Waals surface area contributed by atoms with Gasteiger partial charge in [-0.15, -0.1) is 0 Å². The molecule has 0 saturated carbocycles. The van der Waals surface area contributed by atoms with E-state index in [9.17, 15) is 0 Å². The van der Waals surface area contributed by atoms with Gasteiger partial charge in [-0.25, -0.2) is 0 Å². The summed E-state index contributed by atoms with van der Waals surface area (Å²) >= 11 is 0. The molecule has 0 amide bonds. The standard InChI is InChI=1S/C15H36O7Si2/c1-16-23(6,17-2)14-8-12-21-10-7-11-22-13-9-15-24(18-3,19-4)20-5/h7-15H2,1-6H3. The molecular weight excluding hydrogens is 348 g/mol. The normalized spacial score (nSPS) is 12.8. The minimum Gasteiger partial charge on any atom is -0.398 e. The molecule has 7 nitrogen and oxygen atoms in total. The maximum absolute atomic E-state index is 5.61. The van der Waals surface area contributed by atoms with Crippen LogP contribution in [-0.2, 0) is 31.6 Å². The van der Waals surface area contributed by atoms with E-state index in [1.165, 1.54) is 0 Å². The van der Waals surface area contributed by atoms with Gasteiger partial charge in [0.15, 0.2) is 0 Å². The molecule has 0 fully saturated rings. The van der Waals surface area contributed by atoms with Gasteiger partial charge in [-0.05, 0) is 31.9 Å². The van der Waals surface area contributed by atoms with E-state index in [1.807, 2.05) is 0 Å². The second kappa shape index (κ2) is 14.3. The van der Waals surface area contributed by atoms with E-state index in [0.717, 1.165) is 38.0 Å². The Morgan fingerprint density at radius 1 is 0.542 bits per heavy atom. The zero-order valence-electron chi connectivity index (χ0n) is 16.2. The summed E-state index contributed by atoms with van der Waals surface area (Å²) in [4.78, 5) is 0. The molecule has 0 aliphatic rings. The Balaban J connectivity index is 3.46. The summed E-state index contributed by atoms with van der Waals surface area (Å²) < 4.78 is 38.2. The minimum absolute atomic E-state index is 0.677. The summed E-state index contributed by atoms with van der Waals surface area (Å²) in [7, 11) is 3.91. The molecule has 0 unspecified atom stereocenters. The van der Waals surface area contributed by atoms with Gasteiger partial charge in [0.25, 0.3) is 0 Å². The van der Waals surface area contributed by atoms with Crippen molar-refractivity contribution in [1.82, 2.24) is 0 Å². The molecule has 0 aromatic rings. The fourth-order valence-corrected chi connectivity index (χ4v) is 5.25. The predicted octanol–water partition coefficient (Wildman–Crippen LogP) is 2.43. The number of rotatable bonds is 17. The third kappa shape index (κ3) is 10.2. The van der Waals surface area contributed by atoms with Crippen LogP contribution in [0.15, 0.2) is 0 Å². The van der Waals surface area contributed by atoms with Crippen molar-refractivity contribution in [3.8, 4) is 0 Å². The fourth-order valence-electron chi connectivity index (χ4n) is 2.20. The molecule has 0 radical (unpaired) electrons. The Morgan fingerprint density at radius 3 is 1.38 bits per heavy atom. The van der Waals surface area contributed by atoms with Crippen molar-refractivity contribution >= 4 is 17.4 Å². The van der Waals surface area contributed by atoms with Crippen LogP contribution in [0.5, 0.6) is 0 Å². The number of ether oxygens (including phenoxy) is 2. The van der Waals surface area contributed by atoms with E-state index >= 15 is 0 Å². The molecule has 0 aliphatic carbocycles. The first-order chi connectivity index (χ1) is 11.5. The van der Waals surface area contributed by atoms with E-state index in [4.69, 9.17) is 31.6 Å². The molecule has 0 aliphatic heterocycles. The quantitative estimate of drug-likeness (QED) is 0.282. The highest BCUT2D eigenvalue weighted by molar-refractivity contribution is 6.65. The van der Waals surface area contributed by atoms with Crippen LogP contribution in [0.2, 0.25) is 18.6 Å². The van der Waals surface area contributed by atoms with Crippen LogP contribution < -0.4 is 0 Å². The van der Waals surface area contributed by atoms with Gasteiger partial charge in [-0.3, -0.25) is 0 Å². The van der Waals surface area contributed by atoms with Gasteiger partial charge in [0, 0.05) is 68.0 Å². The van der Waals surface area contributed by atoms with E-state index < -0.39 is 17.4 Å². The Bertz CT molecular complexity index is 279. The molecule has 0 N–H and O–H groups in total. The summed E-state index contributed by atoms with van der Waals surface area (Å²) in [6.07, 6.45) is 2.72. The van der Waals surface area contributed by atoms with Crippen LogP contribution in [0, 0.1) is 0 Å². The molecule has 0 aromatic carbocycles. The summed E-state index contributed by atoms with van der Waals surface area (Å²) in [6.45, 7) is 4.89. The van der Waals surface area contributed by atoms with Gasteiger partial charge in [0.2, 0.25) is 0 Å². The molecule has 0 atom stereocenters. The van der Waals surface area contributed by atoms with E-state index in [2.05, 4.69) is 6.55 Å². The summed E-state index contributed by atoms with van der Waals surface area (Å²) in [5.41, 5.74) is 0. The summed E-state index contributed by atoms with van der Waals surface area (Å²) in [6, 6.07) is 1.70. The van der Waals surface area contributed by atoms with Crippen LogP contribution in [0.4, 0.5) is 0 Å². The second-order valence-electron chi connectivity index (χ2n) is 5.62. The average molecular weight is 385 g/mol. The second-order valence-corrected chi connectivity index (χ2v) is 12.3. The van der Waals surface area contributed by atoms with Crippen LogP contribution in [0.3, 0.4) is 0 Å². The first kappa shape index (κ1) is 24.2. The SMILES string of the molecule is CO[Si](C)(CCCOCCCOCCC[Si](OC)(OC)OC)OC. The van der Waals surface area contributed by atoms with Crippen LogP contribution in [-0.4, -0.2) is 79.3 Å². The highest BCUT2D eigenvalue weighted by Crippen LogP contribution is 2.15. The fraction of sp³-hybridized carbons (Fsp3) is 1.00. The van der Waals surface area contributed by atoms with Crippen molar-refractivity contribution in [3.05, 3.63) is 0 Å². The third-order valence-corrected chi connectivity index (χ3v) is 9.89. The first-order valence-electron chi connectivity index (χ1n) is 8.42. The number of hydrogen-bond donors (Lipinski definition) is 0. The number of hydrogen-bond acceptors (Lipinski definition) is 7. The Labute approximate surface area is 149 Å². The van der Waals surface area contributed by atoms with Crippen molar-refractivity contribution in [2.45, 2.75) is 37.9 Å². The topological polar surface area (TPSA) is 64.6 Å². The minimum atomic E-state index is -2.45. The van der Waals surface area contributed by atoms with Crippen molar-refractivity contribution in [1.29, 1.82) is 0 Å². The van der Waals surface area contributed by atoms with Gasteiger partial charge in [-0.1, -0.05) is 0 Å². The van der Waals surface area contributed by atoms with Gasteiger partial charge in [0.1, 0.15) is 0 Å². The smallest absolute Gasteiger partial charge is 0.398 e. The lowest BCUT2D eigenvalue weighted by Gasteiger charge is -2.24. The zero-order chi connectivity index (χ0) is 18.3. The Morgan fingerprint density at radius 2 is 0.958 bits per heavy atom. The monoisotopic (exact) mass is 384 g/mol. The highest BCUT2D eigenvalue weighted by Gasteiger charge is 2.36. The third-order valence-electron chi connectivity index (χ3n) is 4.07. The lowest BCUT2D eigenvalue weighted by Crippen LogP contribution is -2.42. The summed E-state index contributed by atoms with van der Waals surface area (Å²) in [5, 5.41) is 0. The Kier molecular flexibility index (Phi) is 14.4. The maximum atomic E-state index is 5.61. The highest BCUT2D eigenvalue weighted by atomic mass is 28.4. The average Bonchev–Trinajstić information content (AvgIpc) is 2.63. The van der Waals surface area contributed by atoms with Crippen LogP contribution in [0.1, 0.15) is 19.3 Å². The van der Waals surface area contributed by atoms with Gasteiger partial charge >= 0.3 is 17.4 Å². The van der Waals surface area contributed by atoms with Crippen LogP contribution in [0.25, 0.3) is 0 Å². The lowest BCUT2D eigenvalue weighted by molar-refractivity contribution is 0.0780. The molecule has 0 bridgehead atoms. The molecule has 9 heteroatoms. The van der Waals surface area contributed by atoms with E-state index in [-0.39, 0.29) is 0 Å². The van der Waals surface area contributed by atoms with E-state index in [1.54, 1.807) is 35.5 Å². The largest absolute Gasteiger partial charge is 0.500 e. The van der Waals surface area contributed by atoms with Gasteiger partial charge < -0.3 is 31.6 Å². The van der Waals surface area contributed by atoms with Crippen molar-refractivity contribution in [2.75, 3.05) is 62.0 Å². The van der Waals surface area contributed by atoms with Crippen molar-refractivity contribution in [3.63, 3.8) is 0 Å². The van der Waals surface area contributed by atoms with Gasteiger partial charge in [0.05, 0.1) is 0 Å². The predicted molar refractivity (Wildman–Crippen MR) is 97.5 cm³/mol.